The molecule has 0 aliphatic carbocycles. The van der Waals surface area contributed by atoms with Crippen LogP contribution < -0.4 is 4.31 Å². The molecule has 5 nitrogen and oxygen atoms in total. The first kappa shape index (κ1) is 19.3. The number of unbranched alkanes of at least 4 members (excludes halogenated alkanes) is 1. The average molecular weight is 382 g/mol. The average Bonchev–Trinajstić information content (AvgIpc) is 2.62. The van der Waals surface area contributed by atoms with E-state index in [1.807, 2.05) is 6.92 Å². The molecule has 0 amide bonds. The van der Waals surface area contributed by atoms with Crippen LogP contribution in [0.3, 0.4) is 0 Å². The van der Waals surface area contributed by atoms with Gasteiger partial charge in [0.25, 0.3) is 10.0 Å². The van der Waals surface area contributed by atoms with Crippen LogP contribution in [0.15, 0.2) is 53.4 Å². The van der Waals surface area contributed by atoms with E-state index in [-0.39, 0.29) is 22.1 Å². The smallest absolute Gasteiger partial charge is 0.339 e. The van der Waals surface area contributed by atoms with E-state index in [9.17, 15) is 13.2 Å². The molecule has 2 aromatic carbocycles. The SMILES string of the molecule is CCCCOC(=O)c1cc(S(=O)(=O)N(C)c2ccccc2)ccc1Cl. The Bertz CT molecular complexity index is 837. The molecule has 0 radical (unpaired) electrons. The summed E-state index contributed by atoms with van der Waals surface area (Å²) in [5, 5.41) is 0.155. The quantitative estimate of drug-likeness (QED) is 0.534. The maximum Gasteiger partial charge on any atom is 0.339 e. The van der Waals surface area contributed by atoms with Gasteiger partial charge in [-0.15, -0.1) is 0 Å². The molecular weight excluding hydrogens is 362 g/mol. The Kier molecular flexibility index (Phi) is 6.45. The molecule has 0 unspecified atom stereocenters. The molecule has 0 heterocycles. The molecule has 7 heteroatoms. The van der Waals surface area contributed by atoms with Crippen LogP contribution in [-0.2, 0) is 14.8 Å². The number of esters is 1. The number of para-hydroxylation sites is 1. The minimum Gasteiger partial charge on any atom is -0.462 e. The van der Waals surface area contributed by atoms with Crippen LogP contribution in [0.2, 0.25) is 5.02 Å². The number of benzene rings is 2. The number of hydrogen-bond donors (Lipinski definition) is 0. The van der Waals surface area contributed by atoms with Crippen LogP contribution >= 0.6 is 11.6 Å². The highest BCUT2D eigenvalue weighted by molar-refractivity contribution is 7.92. The van der Waals surface area contributed by atoms with Crippen molar-refractivity contribution in [1.29, 1.82) is 0 Å². The van der Waals surface area contributed by atoms with Gasteiger partial charge in [-0.1, -0.05) is 43.1 Å². The summed E-state index contributed by atoms with van der Waals surface area (Å²) in [4.78, 5) is 12.1. The van der Waals surface area contributed by atoms with Crippen molar-refractivity contribution < 1.29 is 17.9 Å². The summed E-state index contributed by atoms with van der Waals surface area (Å²) in [6.07, 6.45) is 1.62. The summed E-state index contributed by atoms with van der Waals surface area (Å²) < 4.78 is 31.9. The van der Waals surface area contributed by atoms with Crippen molar-refractivity contribution in [2.75, 3.05) is 18.0 Å². The van der Waals surface area contributed by atoms with E-state index in [1.165, 1.54) is 25.2 Å². The molecule has 2 aromatic rings. The number of carbonyl (C=O) groups excluding carboxylic acids is 1. The van der Waals surface area contributed by atoms with E-state index in [0.717, 1.165) is 17.1 Å². The monoisotopic (exact) mass is 381 g/mol. The Balaban J connectivity index is 2.33. The second-order valence-corrected chi connectivity index (χ2v) is 7.82. The highest BCUT2D eigenvalue weighted by Gasteiger charge is 2.24. The third-order valence-corrected chi connectivity index (χ3v) is 5.78. The van der Waals surface area contributed by atoms with Gasteiger partial charge < -0.3 is 4.74 Å². The van der Waals surface area contributed by atoms with E-state index < -0.39 is 16.0 Å². The topological polar surface area (TPSA) is 63.7 Å². The Hall–Kier alpha value is -2.05. The zero-order valence-electron chi connectivity index (χ0n) is 14.1. The van der Waals surface area contributed by atoms with Crippen LogP contribution in [0.4, 0.5) is 5.69 Å². The number of nitrogens with zero attached hydrogens (tertiary/aromatic N) is 1. The standard InChI is InChI=1S/C18H20ClNO4S/c1-3-4-12-24-18(21)16-13-15(10-11-17(16)19)25(22,23)20(2)14-8-6-5-7-9-14/h5-11,13H,3-4,12H2,1-2H3. The molecule has 0 aromatic heterocycles. The lowest BCUT2D eigenvalue weighted by Gasteiger charge is -2.20. The maximum atomic E-state index is 12.8. The third-order valence-electron chi connectivity index (χ3n) is 3.67. The molecular formula is C18H20ClNO4S. The Morgan fingerprint density at radius 3 is 2.48 bits per heavy atom. The summed E-state index contributed by atoms with van der Waals surface area (Å²) in [5.74, 6) is -0.627. The lowest BCUT2D eigenvalue weighted by Crippen LogP contribution is -2.26. The number of rotatable bonds is 7. The van der Waals surface area contributed by atoms with Crippen molar-refractivity contribution in [3.05, 3.63) is 59.1 Å². The van der Waals surface area contributed by atoms with Gasteiger partial charge in [0.05, 0.1) is 27.8 Å². The third kappa shape index (κ3) is 4.52. The van der Waals surface area contributed by atoms with Crippen molar-refractivity contribution in [2.45, 2.75) is 24.7 Å². The molecule has 0 fully saturated rings. The molecule has 0 saturated carbocycles. The fourth-order valence-corrected chi connectivity index (χ4v) is 3.56. The molecule has 2 rings (SSSR count). The van der Waals surface area contributed by atoms with Crippen molar-refractivity contribution in [3.8, 4) is 0 Å². The van der Waals surface area contributed by atoms with Gasteiger partial charge >= 0.3 is 5.97 Å². The molecule has 134 valence electrons. The fraction of sp³-hybridized carbons (Fsp3) is 0.278. The normalized spacial score (nSPS) is 11.2. The van der Waals surface area contributed by atoms with Gasteiger partial charge in [-0.05, 0) is 36.8 Å². The van der Waals surface area contributed by atoms with Crippen LogP contribution in [-0.4, -0.2) is 28.0 Å². The van der Waals surface area contributed by atoms with Gasteiger partial charge in [0, 0.05) is 7.05 Å². The van der Waals surface area contributed by atoms with Crippen LogP contribution in [0, 0.1) is 0 Å². The Morgan fingerprint density at radius 1 is 1.16 bits per heavy atom. The summed E-state index contributed by atoms with van der Waals surface area (Å²) in [6.45, 7) is 2.25. The van der Waals surface area contributed by atoms with E-state index in [0.29, 0.717) is 5.69 Å². The summed E-state index contributed by atoms with van der Waals surface area (Å²) >= 11 is 6.04. The Morgan fingerprint density at radius 2 is 1.84 bits per heavy atom. The molecule has 0 bridgehead atoms. The molecule has 0 aliphatic heterocycles. The molecule has 25 heavy (non-hydrogen) atoms. The first-order valence-corrected chi connectivity index (χ1v) is 9.70. The maximum absolute atomic E-state index is 12.8. The number of hydrogen-bond acceptors (Lipinski definition) is 4. The summed E-state index contributed by atoms with van der Waals surface area (Å²) in [7, 11) is -2.37. The summed E-state index contributed by atoms with van der Waals surface area (Å²) in [6, 6.07) is 12.7. The molecule has 0 aliphatic rings. The second kappa shape index (κ2) is 8.36. The predicted octanol–water partition coefficient (Wildman–Crippen LogP) is 4.12. The van der Waals surface area contributed by atoms with Crippen LogP contribution in [0.1, 0.15) is 30.1 Å². The van der Waals surface area contributed by atoms with E-state index in [1.54, 1.807) is 30.3 Å². The number of halogens is 1. The Labute approximate surface area is 153 Å². The lowest BCUT2D eigenvalue weighted by atomic mass is 10.2. The van der Waals surface area contributed by atoms with Crippen molar-refractivity contribution in [1.82, 2.24) is 0 Å². The lowest BCUT2D eigenvalue weighted by molar-refractivity contribution is 0.0499. The van der Waals surface area contributed by atoms with Gasteiger partial charge in [0.2, 0.25) is 0 Å². The predicted molar refractivity (Wildman–Crippen MR) is 98.7 cm³/mol. The molecule has 0 N–H and O–H groups in total. The van der Waals surface area contributed by atoms with Gasteiger partial charge in [-0.25, -0.2) is 13.2 Å². The van der Waals surface area contributed by atoms with E-state index in [4.69, 9.17) is 16.3 Å². The van der Waals surface area contributed by atoms with Gasteiger partial charge in [-0.3, -0.25) is 4.31 Å². The first-order valence-electron chi connectivity index (χ1n) is 7.88. The van der Waals surface area contributed by atoms with Gasteiger partial charge in [0.1, 0.15) is 0 Å². The number of anilines is 1. The van der Waals surface area contributed by atoms with E-state index in [2.05, 4.69) is 0 Å². The number of carbonyl (C=O) groups is 1. The zero-order valence-corrected chi connectivity index (χ0v) is 15.7. The summed E-state index contributed by atoms with van der Waals surface area (Å²) in [5.41, 5.74) is 0.560. The molecule has 0 saturated heterocycles. The number of sulfonamides is 1. The highest BCUT2D eigenvalue weighted by Crippen LogP contribution is 2.26. The first-order chi connectivity index (χ1) is 11.9. The minimum absolute atomic E-state index is 0.0225. The number of ether oxygens (including phenoxy) is 1. The van der Waals surface area contributed by atoms with Gasteiger partial charge in [-0.2, -0.15) is 0 Å². The van der Waals surface area contributed by atoms with Crippen molar-refractivity contribution in [3.63, 3.8) is 0 Å². The second-order valence-electron chi connectivity index (χ2n) is 5.44. The van der Waals surface area contributed by atoms with Gasteiger partial charge in [0.15, 0.2) is 0 Å². The largest absolute Gasteiger partial charge is 0.462 e. The minimum atomic E-state index is -3.82. The molecule has 0 atom stereocenters. The van der Waals surface area contributed by atoms with Crippen LogP contribution in [0.25, 0.3) is 0 Å². The van der Waals surface area contributed by atoms with E-state index >= 15 is 0 Å². The zero-order chi connectivity index (χ0) is 18.4. The van der Waals surface area contributed by atoms with Crippen LogP contribution in [0.5, 0.6) is 0 Å². The fourth-order valence-electron chi connectivity index (χ4n) is 2.14. The molecule has 0 spiro atoms. The highest BCUT2D eigenvalue weighted by atomic mass is 35.5. The van der Waals surface area contributed by atoms with Crippen molar-refractivity contribution >= 4 is 33.3 Å². The van der Waals surface area contributed by atoms with Crippen molar-refractivity contribution in [2.24, 2.45) is 0 Å².